The van der Waals surface area contributed by atoms with E-state index in [4.69, 9.17) is 10.2 Å². The van der Waals surface area contributed by atoms with Crippen LogP contribution in [0.4, 0.5) is 0 Å². The minimum atomic E-state index is -1.20. The molecule has 1 unspecified atom stereocenters. The zero-order valence-corrected chi connectivity index (χ0v) is 7.33. The molecule has 0 amide bonds. The monoisotopic (exact) mass is 158 g/mol. The van der Waals surface area contributed by atoms with Crippen LogP contribution in [-0.2, 0) is 0 Å². The Morgan fingerprint density at radius 2 is 2.00 bits per heavy atom. The van der Waals surface area contributed by atoms with E-state index >= 15 is 0 Å². The fourth-order valence-corrected chi connectivity index (χ4v) is 1.03. The third-order valence-corrected chi connectivity index (χ3v) is 1.71. The van der Waals surface area contributed by atoms with Gasteiger partial charge in [-0.15, -0.1) is 0 Å². The van der Waals surface area contributed by atoms with E-state index in [2.05, 4.69) is 6.92 Å². The highest BCUT2D eigenvalue weighted by Gasteiger charge is 2.11. The summed E-state index contributed by atoms with van der Waals surface area (Å²) in [6, 6.07) is 0. The smallest absolute Gasteiger partial charge is 0.157 e. The third kappa shape index (κ3) is 4.99. The summed E-state index contributed by atoms with van der Waals surface area (Å²) < 4.78 is 0. The second-order valence-electron chi connectivity index (χ2n) is 2.75. The predicted molar refractivity (Wildman–Crippen MR) is 46.1 cm³/mol. The van der Waals surface area contributed by atoms with Gasteiger partial charge in [-0.05, 0) is 13.3 Å². The molecule has 0 aliphatic carbocycles. The van der Waals surface area contributed by atoms with Gasteiger partial charge >= 0.3 is 0 Å². The Kier molecular flexibility index (Phi) is 6.18. The molecule has 0 saturated carbocycles. The van der Waals surface area contributed by atoms with Gasteiger partial charge in [-0.2, -0.15) is 0 Å². The average molecular weight is 158 g/mol. The Labute approximate surface area is 68.6 Å². The molecule has 0 aliphatic rings. The average Bonchev–Trinajstić information content (AvgIpc) is 1.97. The van der Waals surface area contributed by atoms with Crippen molar-refractivity contribution in [2.45, 2.75) is 39.4 Å². The van der Waals surface area contributed by atoms with E-state index in [1.807, 2.05) is 19.1 Å². The van der Waals surface area contributed by atoms with E-state index in [9.17, 15) is 0 Å². The summed E-state index contributed by atoms with van der Waals surface area (Å²) in [5.74, 6) is -0.0834. The summed E-state index contributed by atoms with van der Waals surface area (Å²) in [7, 11) is 0. The van der Waals surface area contributed by atoms with Gasteiger partial charge in [0.05, 0.1) is 0 Å². The number of aliphatic hydroxyl groups is 2. The molecule has 66 valence electrons. The molecule has 0 fully saturated rings. The molecule has 0 rings (SSSR count). The van der Waals surface area contributed by atoms with E-state index in [0.717, 1.165) is 19.3 Å². The molecule has 11 heavy (non-hydrogen) atoms. The van der Waals surface area contributed by atoms with E-state index < -0.39 is 6.29 Å². The number of hydrogen-bond acceptors (Lipinski definition) is 2. The van der Waals surface area contributed by atoms with Crippen LogP contribution in [0.1, 0.15) is 33.1 Å². The van der Waals surface area contributed by atoms with Gasteiger partial charge < -0.3 is 10.2 Å². The van der Waals surface area contributed by atoms with Crippen LogP contribution >= 0.6 is 0 Å². The largest absolute Gasteiger partial charge is 0.368 e. The Balaban J connectivity index is 3.70. The van der Waals surface area contributed by atoms with Crippen LogP contribution in [0.5, 0.6) is 0 Å². The van der Waals surface area contributed by atoms with Crippen molar-refractivity contribution in [3.8, 4) is 0 Å². The minimum absolute atomic E-state index is 0.0834. The molecular formula is C9H18O2. The van der Waals surface area contributed by atoms with Crippen molar-refractivity contribution in [3.05, 3.63) is 12.2 Å². The second-order valence-corrected chi connectivity index (χ2v) is 2.75. The van der Waals surface area contributed by atoms with Crippen LogP contribution in [0.3, 0.4) is 0 Å². The van der Waals surface area contributed by atoms with E-state index in [1.54, 1.807) is 0 Å². The topological polar surface area (TPSA) is 40.5 Å². The van der Waals surface area contributed by atoms with Crippen LogP contribution in [0.2, 0.25) is 0 Å². The van der Waals surface area contributed by atoms with Gasteiger partial charge in [0.25, 0.3) is 0 Å². The first-order chi connectivity index (χ1) is 5.22. The first-order valence-electron chi connectivity index (χ1n) is 4.21. The van der Waals surface area contributed by atoms with Crippen LogP contribution in [-0.4, -0.2) is 16.5 Å². The molecule has 2 heteroatoms. The first kappa shape index (κ1) is 10.7. The molecule has 0 aromatic heterocycles. The van der Waals surface area contributed by atoms with E-state index in [-0.39, 0.29) is 5.92 Å². The molecule has 0 aromatic rings. The zero-order valence-electron chi connectivity index (χ0n) is 7.33. The lowest BCUT2D eigenvalue weighted by Gasteiger charge is -2.13. The highest BCUT2D eigenvalue weighted by molar-refractivity contribution is 4.86. The fourth-order valence-electron chi connectivity index (χ4n) is 1.03. The van der Waals surface area contributed by atoms with Crippen LogP contribution in [0.15, 0.2) is 12.2 Å². The highest BCUT2D eigenvalue weighted by Crippen LogP contribution is 2.12. The Hall–Kier alpha value is -0.340. The third-order valence-electron chi connectivity index (χ3n) is 1.71. The SMILES string of the molecule is CC=CC(CCCC)C(O)O. The number of unbranched alkanes of at least 4 members (excludes halogenated alkanes) is 1. The molecule has 2 nitrogen and oxygen atoms in total. The molecule has 0 aliphatic heterocycles. The zero-order chi connectivity index (χ0) is 8.69. The lowest BCUT2D eigenvalue weighted by molar-refractivity contribution is -0.0722. The van der Waals surface area contributed by atoms with Gasteiger partial charge in [-0.1, -0.05) is 31.9 Å². The maximum Gasteiger partial charge on any atom is 0.157 e. The highest BCUT2D eigenvalue weighted by atomic mass is 16.5. The molecule has 0 bridgehead atoms. The van der Waals surface area contributed by atoms with Crippen molar-refractivity contribution in [2.24, 2.45) is 5.92 Å². The molecule has 0 spiro atoms. The molecular weight excluding hydrogens is 140 g/mol. The van der Waals surface area contributed by atoms with Gasteiger partial charge in [-0.25, -0.2) is 0 Å². The first-order valence-corrected chi connectivity index (χ1v) is 4.21. The van der Waals surface area contributed by atoms with Crippen molar-refractivity contribution in [1.29, 1.82) is 0 Å². The normalized spacial score (nSPS) is 14.6. The summed E-state index contributed by atoms with van der Waals surface area (Å²) in [6.45, 7) is 3.98. The van der Waals surface area contributed by atoms with E-state index in [0.29, 0.717) is 0 Å². The molecule has 0 saturated heterocycles. The maximum absolute atomic E-state index is 8.87. The Morgan fingerprint density at radius 3 is 2.36 bits per heavy atom. The second kappa shape index (κ2) is 6.38. The van der Waals surface area contributed by atoms with E-state index in [1.165, 1.54) is 0 Å². The van der Waals surface area contributed by atoms with Gasteiger partial charge in [0.2, 0.25) is 0 Å². The van der Waals surface area contributed by atoms with Crippen molar-refractivity contribution >= 4 is 0 Å². The van der Waals surface area contributed by atoms with Crippen LogP contribution in [0, 0.1) is 5.92 Å². The summed E-state index contributed by atoms with van der Waals surface area (Å²) >= 11 is 0. The number of allylic oxidation sites excluding steroid dienone is 1. The van der Waals surface area contributed by atoms with Gasteiger partial charge in [0, 0.05) is 5.92 Å². The lowest BCUT2D eigenvalue weighted by atomic mass is 10.0. The van der Waals surface area contributed by atoms with Crippen molar-refractivity contribution in [3.63, 3.8) is 0 Å². The van der Waals surface area contributed by atoms with Crippen molar-refractivity contribution in [2.75, 3.05) is 0 Å². The Bertz CT molecular complexity index is 108. The van der Waals surface area contributed by atoms with Gasteiger partial charge in [0.15, 0.2) is 6.29 Å². The molecule has 1 atom stereocenters. The number of aliphatic hydroxyl groups excluding tert-OH is 1. The summed E-state index contributed by atoms with van der Waals surface area (Å²) in [4.78, 5) is 0. The number of rotatable bonds is 5. The predicted octanol–water partition coefficient (Wildman–Crippen LogP) is 1.68. The Morgan fingerprint density at radius 1 is 1.36 bits per heavy atom. The number of hydrogen-bond donors (Lipinski definition) is 2. The van der Waals surface area contributed by atoms with Crippen molar-refractivity contribution < 1.29 is 10.2 Å². The summed E-state index contributed by atoms with van der Waals surface area (Å²) in [5, 5.41) is 17.7. The van der Waals surface area contributed by atoms with Crippen molar-refractivity contribution in [1.82, 2.24) is 0 Å². The molecule has 2 N–H and O–H groups in total. The summed E-state index contributed by atoms with van der Waals surface area (Å²) in [6.07, 6.45) is 5.52. The standard InChI is InChI=1S/C9H18O2/c1-3-5-7-8(6-4-2)9(10)11/h4,6,8-11H,3,5,7H2,1-2H3. The van der Waals surface area contributed by atoms with Crippen LogP contribution < -0.4 is 0 Å². The maximum atomic E-state index is 8.87. The lowest BCUT2D eigenvalue weighted by Crippen LogP contribution is -2.17. The quantitative estimate of drug-likeness (QED) is 0.472. The van der Waals surface area contributed by atoms with Gasteiger partial charge in [-0.3, -0.25) is 0 Å². The molecule has 0 aromatic carbocycles. The summed E-state index contributed by atoms with van der Waals surface area (Å²) in [5.41, 5.74) is 0. The van der Waals surface area contributed by atoms with Crippen LogP contribution in [0.25, 0.3) is 0 Å². The minimum Gasteiger partial charge on any atom is -0.368 e. The molecule has 0 heterocycles. The van der Waals surface area contributed by atoms with Gasteiger partial charge in [0.1, 0.15) is 0 Å². The fraction of sp³-hybridized carbons (Fsp3) is 0.778. The molecule has 0 radical (unpaired) electrons.